The minimum atomic E-state index is 0.433. The van der Waals surface area contributed by atoms with Gasteiger partial charge in [-0.15, -0.1) is 0 Å². The molecule has 0 aliphatic rings. The molecule has 0 radical (unpaired) electrons. The third-order valence-electron chi connectivity index (χ3n) is 2.44. The highest BCUT2D eigenvalue weighted by Gasteiger charge is 2.07. The van der Waals surface area contributed by atoms with Crippen molar-refractivity contribution in [3.63, 3.8) is 0 Å². The number of anilines is 2. The van der Waals surface area contributed by atoms with E-state index in [0.717, 1.165) is 24.6 Å². The minimum Gasteiger partial charge on any atom is -0.382 e. The molecule has 0 spiro atoms. The quantitative estimate of drug-likeness (QED) is 0.860. The van der Waals surface area contributed by atoms with Crippen molar-refractivity contribution < 1.29 is 0 Å². The number of nitrogens with zero attached hydrogens (tertiary/aromatic N) is 4. The van der Waals surface area contributed by atoms with Gasteiger partial charge in [-0.25, -0.2) is 9.97 Å². The first kappa shape index (κ1) is 11.3. The van der Waals surface area contributed by atoms with Crippen LogP contribution in [0, 0.1) is 0 Å². The lowest BCUT2D eigenvalue weighted by Crippen LogP contribution is -2.23. The zero-order valence-corrected chi connectivity index (χ0v) is 9.74. The van der Waals surface area contributed by atoms with Crippen molar-refractivity contribution >= 4 is 11.6 Å². The van der Waals surface area contributed by atoms with E-state index in [9.17, 15) is 0 Å². The molecule has 17 heavy (non-hydrogen) atoms. The highest BCUT2D eigenvalue weighted by Crippen LogP contribution is 2.12. The number of rotatable bonds is 4. The number of pyridine rings is 1. The average molecular weight is 229 g/mol. The lowest BCUT2D eigenvalue weighted by Gasteiger charge is -2.20. The Balaban J connectivity index is 2.14. The van der Waals surface area contributed by atoms with Crippen molar-refractivity contribution in [2.45, 2.75) is 13.5 Å². The van der Waals surface area contributed by atoms with Crippen LogP contribution < -0.4 is 10.6 Å². The van der Waals surface area contributed by atoms with Gasteiger partial charge >= 0.3 is 0 Å². The third-order valence-corrected chi connectivity index (χ3v) is 2.44. The van der Waals surface area contributed by atoms with E-state index in [-0.39, 0.29) is 0 Å². The van der Waals surface area contributed by atoms with Gasteiger partial charge in [0, 0.05) is 12.7 Å². The molecule has 0 amide bonds. The molecule has 2 rings (SSSR count). The molecule has 0 atom stereocenters. The second kappa shape index (κ2) is 5.25. The van der Waals surface area contributed by atoms with Crippen LogP contribution in [0.2, 0.25) is 0 Å². The first-order valence-corrected chi connectivity index (χ1v) is 5.52. The molecule has 0 bridgehead atoms. The van der Waals surface area contributed by atoms with Gasteiger partial charge in [0.2, 0.25) is 0 Å². The van der Waals surface area contributed by atoms with Crippen LogP contribution in [-0.2, 0) is 6.54 Å². The van der Waals surface area contributed by atoms with Crippen molar-refractivity contribution in [2.75, 3.05) is 17.2 Å². The number of hydrogen-bond donors (Lipinski definition) is 1. The van der Waals surface area contributed by atoms with Gasteiger partial charge in [0.15, 0.2) is 0 Å². The van der Waals surface area contributed by atoms with E-state index >= 15 is 0 Å². The monoisotopic (exact) mass is 229 g/mol. The summed E-state index contributed by atoms with van der Waals surface area (Å²) in [6.45, 7) is 3.63. The molecule has 0 aliphatic carbocycles. The third kappa shape index (κ3) is 2.90. The minimum absolute atomic E-state index is 0.433. The van der Waals surface area contributed by atoms with Crippen LogP contribution in [0.5, 0.6) is 0 Å². The van der Waals surface area contributed by atoms with Gasteiger partial charge in [0.05, 0.1) is 24.6 Å². The summed E-state index contributed by atoms with van der Waals surface area (Å²) in [5.41, 5.74) is 6.52. The Morgan fingerprint density at radius 3 is 2.65 bits per heavy atom. The Labute approximate surface area is 100 Å². The normalized spacial score (nSPS) is 10.2. The SMILES string of the molecule is CCN(Cc1ccccn1)c1cnc(N)cn1. The molecule has 5 nitrogen and oxygen atoms in total. The van der Waals surface area contributed by atoms with Gasteiger partial charge in [-0.2, -0.15) is 0 Å². The first-order chi connectivity index (χ1) is 8.29. The molecule has 0 fully saturated rings. The van der Waals surface area contributed by atoms with Crippen LogP contribution in [0.4, 0.5) is 11.6 Å². The molecule has 0 saturated heterocycles. The van der Waals surface area contributed by atoms with Crippen LogP contribution >= 0.6 is 0 Å². The fraction of sp³-hybridized carbons (Fsp3) is 0.250. The molecule has 2 N–H and O–H groups in total. The van der Waals surface area contributed by atoms with Crippen molar-refractivity contribution in [2.24, 2.45) is 0 Å². The largest absolute Gasteiger partial charge is 0.382 e. The maximum Gasteiger partial charge on any atom is 0.147 e. The van der Waals surface area contributed by atoms with E-state index in [4.69, 9.17) is 5.73 Å². The van der Waals surface area contributed by atoms with Crippen molar-refractivity contribution in [3.05, 3.63) is 42.5 Å². The van der Waals surface area contributed by atoms with Gasteiger partial charge in [0.1, 0.15) is 11.6 Å². The molecular weight excluding hydrogens is 214 g/mol. The van der Waals surface area contributed by atoms with Crippen LogP contribution in [0.1, 0.15) is 12.6 Å². The van der Waals surface area contributed by atoms with Crippen molar-refractivity contribution in [3.8, 4) is 0 Å². The molecule has 5 heteroatoms. The summed E-state index contributed by atoms with van der Waals surface area (Å²) >= 11 is 0. The molecule has 2 heterocycles. The van der Waals surface area contributed by atoms with E-state index < -0.39 is 0 Å². The molecular formula is C12H15N5. The summed E-state index contributed by atoms with van der Waals surface area (Å²) in [7, 11) is 0. The van der Waals surface area contributed by atoms with E-state index in [2.05, 4.69) is 26.8 Å². The highest BCUT2D eigenvalue weighted by molar-refractivity contribution is 5.39. The fourth-order valence-corrected chi connectivity index (χ4v) is 1.54. The van der Waals surface area contributed by atoms with Crippen LogP contribution in [-0.4, -0.2) is 21.5 Å². The van der Waals surface area contributed by atoms with Gasteiger partial charge in [-0.05, 0) is 19.1 Å². The Morgan fingerprint density at radius 2 is 2.06 bits per heavy atom. The summed E-state index contributed by atoms with van der Waals surface area (Å²) < 4.78 is 0. The van der Waals surface area contributed by atoms with Gasteiger partial charge in [-0.1, -0.05) is 6.07 Å². The summed E-state index contributed by atoms with van der Waals surface area (Å²) in [4.78, 5) is 14.7. The van der Waals surface area contributed by atoms with Crippen LogP contribution in [0.3, 0.4) is 0 Å². The average Bonchev–Trinajstić information content (AvgIpc) is 2.38. The predicted molar refractivity (Wildman–Crippen MR) is 67.4 cm³/mol. The molecule has 0 aliphatic heterocycles. The first-order valence-electron chi connectivity index (χ1n) is 5.52. The van der Waals surface area contributed by atoms with Gasteiger partial charge in [0.25, 0.3) is 0 Å². The smallest absolute Gasteiger partial charge is 0.147 e. The summed E-state index contributed by atoms with van der Waals surface area (Å²) in [6.07, 6.45) is 5.04. The Kier molecular flexibility index (Phi) is 3.49. The molecule has 0 saturated carbocycles. The number of nitrogens with two attached hydrogens (primary N) is 1. The highest BCUT2D eigenvalue weighted by atomic mass is 15.2. The number of aromatic nitrogens is 3. The van der Waals surface area contributed by atoms with Crippen LogP contribution in [0.25, 0.3) is 0 Å². The van der Waals surface area contributed by atoms with Crippen molar-refractivity contribution in [1.29, 1.82) is 0 Å². The summed E-state index contributed by atoms with van der Waals surface area (Å²) in [5, 5.41) is 0. The van der Waals surface area contributed by atoms with Gasteiger partial charge in [-0.3, -0.25) is 4.98 Å². The molecule has 2 aromatic rings. The second-order valence-corrected chi connectivity index (χ2v) is 3.63. The maximum atomic E-state index is 5.52. The Morgan fingerprint density at radius 1 is 1.18 bits per heavy atom. The number of nitrogen functional groups attached to an aromatic ring is 1. The van der Waals surface area contributed by atoms with E-state index in [1.54, 1.807) is 18.6 Å². The fourth-order valence-electron chi connectivity index (χ4n) is 1.54. The predicted octanol–water partition coefficient (Wildman–Crippen LogP) is 1.48. The lowest BCUT2D eigenvalue weighted by molar-refractivity contribution is 0.790. The zero-order valence-electron chi connectivity index (χ0n) is 9.74. The van der Waals surface area contributed by atoms with Gasteiger partial charge < -0.3 is 10.6 Å². The van der Waals surface area contributed by atoms with Crippen LogP contribution in [0.15, 0.2) is 36.8 Å². The van der Waals surface area contributed by atoms with E-state index in [0.29, 0.717) is 5.82 Å². The van der Waals surface area contributed by atoms with E-state index in [1.807, 2.05) is 18.2 Å². The summed E-state index contributed by atoms with van der Waals surface area (Å²) in [6, 6.07) is 5.88. The van der Waals surface area contributed by atoms with Crippen molar-refractivity contribution in [1.82, 2.24) is 15.0 Å². The Hall–Kier alpha value is -2.17. The number of hydrogen-bond acceptors (Lipinski definition) is 5. The zero-order chi connectivity index (χ0) is 12.1. The van der Waals surface area contributed by atoms with E-state index in [1.165, 1.54) is 0 Å². The molecule has 0 unspecified atom stereocenters. The summed E-state index contributed by atoms with van der Waals surface area (Å²) in [5.74, 6) is 1.25. The molecule has 88 valence electrons. The second-order valence-electron chi connectivity index (χ2n) is 3.63. The Bertz CT molecular complexity index is 454. The lowest BCUT2D eigenvalue weighted by atomic mass is 10.3. The standard InChI is InChI=1S/C12H15N5/c1-2-17(9-10-5-3-4-6-14-10)12-8-15-11(13)7-16-12/h3-8H,2,9H2,1H3,(H2,13,15). The maximum absolute atomic E-state index is 5.52. The molecule has 0 aromatic carbocycles. The topological polar surface area (TPSA) is 67.9 Å². The molecule has 2 aromatic heterocycles.